The maximum atomic E-state index is 13.1. The number of carbonyl (C=O) groups excluding carboxylic acids is 1. The Hall–Kier alpha value is -1.94. The summed E-state index contributed by atoms with van der Waals surface area (Å²) in [4.78, 5) is 14.5. The molecule has 4 rings (SSSR count). The van der Waals surface area contributed by atoms with Crippen molar-refractivity contribution in [2.75, 3.05) is 33.4 Å². The van der Waals surface area contributed by atoms with E-state index in [1.807, 2.05) is 29.2 Å². The number of sulfonamides is 1. The van der Waals surface area contributed by atoms with Crippen LogP contribution in [0.1, 0.15) is 24.8 Å². The second-order valence-corrected chi connectivity index (χ2v) is 10.6. The number of hydrogen-bond acceptors (Lipinski definition) is 6. The third-order valence-corrected chi connectivity index (χ3v) is 9.17. The Labute approximate surface area is 181 Å². The Morgan fingerprint density at radius 2 is 1.90 bits per heavy atom. The monoisotopic (exact) mass is 450 g/mol. The first kappa shape index (κ1) is 21.3. The van der Waals surface area contributed by atoms with Crippen molar-refractivity contribution in [2.24, 2.45) is 0 Å². The molecule has 1 aromatic heterocycles. The first-order valence-electron chi connectivity index (χ1n) is 10.1. The number of methoxy groups -OCH3 is 1. The number of rotatable bonds is 6. The highest BCUT2D eigenvalue weighted by Gasteiger charge is 2.51. The predicted octanol–water partition coefficient (Wildman–Crippen LogP) is 2.73. The normalized spacial score (nSPS) is 19.3. The van der Waals surface area contributed by atoms with Gasteiger partial charge in [-0.1, -0.05) is 18.2 Å². The van der Waals surface area contributed by atoms with Crippen LogP contribution in [0.4, 0.5) is 0 Å². The van der Waals surface area contributed by atoms with E-state index in [-0.39, 0.29) is 5.91 Å². The molecule has 0 atom stereocenters. The van der Waals surface area contributed by atoms with Gasteiger partial charge in [0.25, 0.3) is 10.0 Å². The van der Waals surface area contributed by atoms with Crippen molar-refractivity contribution in [3.05, 3.63) is 47.3 Å². The topological polar surface area (TPSA) is 76.2 Å². The lowest BCUT2D eigenvalue weighted by atomic mass is 10.00. The summed E-state index contributed by atoms with van der Waals surface area (Å²) in [7, 11) is -1.95. The molecule has 0 radical (unpaired) electrons. The van der Waals surface area contributed by atoms with Crippen LogP contribution in [0.15, 0.2) is 46.0 Å². The molecule has 2 fully saturated rings. The number of likely N-dealkylation sites (tertiary alicyclic amines) is 1. The molecule has 0 bridgehead atoms. The molecule has 1 amide bonds. The largest absolute Gasteiger partial charge is 0.497 e. The molecule has 2 aromatic rings. The minimum atomic E-state index is -3.58. The second-order valence-electron chi connectivity index (χ2n) is 7.53. The summed E-state index contributed by atoms with van der Waals surface area (Å²) in [6.45, 7) is 1.73. The molecule has 1 aromatic carbocycles. The Bertz CT molecular complexity index is 965. The van der Waals surface area contributed by atoms with Gasteiger partial charge in [-0.25, -0.2) is 8.42 Å². The highest BCUT2D eigenvalue weighted by atomic mass is 32.2. The Morgan fingerprint density at radius 1 is 1.17 bits per heavy atom. The molecule has 0 N–H and O–H groups in total. The van der Waals surface area contributed by atoms with Gasteiger partial charge in [-0.15, -0.1) is 11.3 Å². The van der Waals surface area contributed by atoms with Gasteiger partial charge >= 0.3 is 0 Å². The zero-order valence-electron chi connectivity index (χ0n) is 17.0. The number of benzene rings is 1. The van der Waals surface area contributed by atoms with E-state index < -0.39 is 15.7 Å². The molecule has 9 heteroatoms. The van der Waals surface area contributed by atoms with Crippen LogP contribution in [-0.4, -0.2) is 62.6 Å². The number of aryl methyl sites for hydroxylation is 1. The molecular formula is C21H26N2O5S2. The van der Waals surface area contributed by atoms with Crippen molar-refractivity contribution in [1.82, 2.24) is 9.21 Å². The summed E-state index contributed by atoms with van der Waals surface area (Å²) < 4.78 is 39.1. The first-order valence-corrected chi connectivity index (χ1v) is 12.4. The number of ether oxygens (including phenoxy) is 2. The third kappa shape index (κ3) is 4.12. The Kier molecular flexibility index (Phi) is 6.15. The molecule has 0 saturated carbocycles. The Morgan fingerprint density at radius 3 is 2.53 bits per heavy atom. The average molecular weight is 451 g/mol. The smallest absolute Gasteiger partial charge is 0.255 e. The molecule has 162 valence electrons. The van der Waals surface area contributed by atoms with Crippen molar-refractivity contribution in [3.8, 4) is 5.75 Å². The molecule has 3 heterocycles. The first-order chi connectivity index (χ1) is 14.4. The number of amides is 1. The van der Waals surface area contributed by atoms with E-state index >= 15 is 0 Å². The molecule has 1 spiro atoms. The van der Waals surface area contributed by atoms with Crippen LogP contribution in [0.3, 0.4) is 0 Å². The maximum Gasteiger partial charge on any atom is 0.255 e. The lowest BCUT2D eigenvalue weighted by Crippen LogP contribution is -2.55. The van der Waals surface area contributed by atoms with Gasteiger partial charge in [0.15, 0.2) is 0 Å². The molecule has 7 nitrogen and oxygen atoms in total. The SMILES string of the molecule is COc1ccc(CCC(=O)N2CCC3(CC2)OCCN3S(=O)(=O)c2cccs2)cc1. The predicted molar refractivity (Wildman–Crippen MR) is 114 cm³/mol. The number of nitrogens with zero attached hydrogens (tertiary/aromatic N) is 2. The number of carbonyl (C=O) groups is 1. The van der Waals surface area contributed by atoms with E-state index in [1.54, 1.807) is 24.6 Å². The van der Waals surface area contributed by atoms with Crippen molar-refractivity contribution in [1.29, 1.82) is 0 Å². The van der Waals surface area contributed by atoms with Crippen molar-refractivity contribution < 1.29 is 22.7 Å². The van der Waals surface area contributed by atoms with Crippen LogP contribution in [0, 0.1) is 0 Å². The summed E-state index contributed by atoms with van der Waals surface area (Å²) in [5.41, 5.74) is 0.250. The lowest BCUT2D eigenvalue weighted by Gasteiger charge is -2.42. The van der Waals surface area contributed by atoms with E-state index in [0.717, 1.165) is 11.3 Å². The van der Waals surface area contributed by atoms with E-state index in [1.165, 1.54) is 15.6 Å². The second kappa shape index (κ2) is 8.66. The fourth-order valence-electron chi connectivity index (χ4n) is 4.15. The quantitative estimate of drug-likeness (QED) is 0.676. The summed E-state index contributed by atoms with van der Waals surface area (Å²) in [6, 6.07) is 11.1. The minimum Gasteiger partial charge on any atom is -0.497 e. The zero-order chi connectivity index (χ0) is 21.2. The summed E-state index contributed by atoms with van der Waals surface area (Å²) in [6.07, 6.45) is 2.08. The van der Waals surface area contributed by atoms with Gasteiger partial charge in [-0.3, -0.25) is 4.79 Å². The standard InChI is InChI=1S/C21H26N2O5S2/c1-27-18-7-4-17(5-8-18)6-9-19(24)22-12-10-21(11-13-22)23(14-15-28-21)30(25,26)20-3-2-16-29-20/h2-5,7-8,16H,6,9-15H2,1H3. The molecule has 2 saturated heterocycles. The van der Waals surface area contributed by atoms with Crippen LogP contribution >= 0.6 is 11.3 Å². The summed E-state index contributed by atoms with van der Waals surface area (Å²) in [5, 5.41) is 1.76. The third-order valence-electron chi connectivity index (χ3n) is 5.84. The number of thiophene rings is 1. The maximum absolute atomic E-state index is 13.1. The van der Waals surface area contributed by atoms with E-state index in [4.69, 9.17) is 9.47 Å². The van der Waals surface area contributed by atoms with Crippen LogP contribution in [-0.2, 0) is 26.0 Å². The van der Waals surface area contributed by atoms with Crippen LogP contribution in [0.5, 0.6) is 5.75 Å². The molecule has 0 unspecified atom stereocenters. The van der Waals surface area contributed by atoms with Crippen molar-refractivity contribution in [2.45, 2.75) is 35.6 Å². The Balaban J connectivity index is 1.36. The molecular weight excluding hydrogens is 424 g/mol. The number of piperidine rings is 1. The minimum absolute atomic E-state index is 0.0892. The highest BCUT2D eigenvalue weighted by Crippen LogP contribution is 2.39. The van der Waals surface area contributed by atoms with Crippen LogP contribution in [0.2, 0.25) is 0 Å². The van der Waals surface area contributed by atoms with Crippen LogP contribution in [0.25, 0.3) is 0 Å². The average Bonchev–Trinajstić information content (AvgIpc) is 3.44. The van der Waals surface area contributed by atoms with E-state index in [0.29, 0.717) is 56.1 Å². The number of hydrogen-bond donors (Lipinski definition) is 0. The molecule has 2 aliphatic rings. The van der Waals surface area contributed by atoms with Gasteiger partial charge in [0.2, 0.25) is 5.91 Å². The fourth-order valence-corrected chi connectivity index (χ4v) is 6.98. The van der Waals surface area contributed by atoms with Gasteiger partial charge in [0, 0.05) is 38.9 Å². The van der Waals surface area contributed by atoms with Gasteiger partial charge in [0.05, 0.1) is 13.7 Å². The van der Waals surface area contributed by atoms with E-state index in [2.05, 4.69) is 0 Å². The molecule has 30 heavy (non-hydrogen) atoms. The van der Waals surface area contributed by atoms with Crippen molar-refractivity contribution >= 4 is 27.3 Å². The molecule has 2 aliphatic heterocycles. The fraction of sp³-hybridized carbons (Fsp3) is 0.476. The van der Waals surface area contributed by atoms with Crippen LogP contribution < -0.4 is 4.74 Å². The lowest BCUT2D eigenvalue weighted by molar-refractivity contribution is -0.140. The van der Waals surface area contributed by atoms with E-state index in [9.17, 15) is 13.2 Å². The van der Waals surface area contributed by atoms with Gasteiger partial charge in [0.1, 0.15) is 15.7 Å². The van der Waals surface area contributed by atoms with Gasteiger partial charge in [-0.05, 0) is 35.6 Å². The van der Waals surface area contributed by atoms with Gasteiger partial charge in [-0.2, -0.15) is 4.31 Å². The summed E-state index contributed by atoms with van der Waals surface area (Å²) >= 11 is 1.22. The zero-order valence-corrected chi connectivity index (χ0v) is 18.6. The highest BCUT2D eigenvalue weighted by molar-refractivity contribution is 7.91. The summed E-state index contributed by atoms with van der Waals surface area (Å²) in [5.74, 6) is 0.886. The van der Waals surface area contributed by atoms with Crippen molar-refractivity contribution in [3.63, 3.8) is 0 Å². The van der Waals surface area contributed by atoms with Gasteiger partial charge < -0.3 is 14.4 Å². The molecule has 0 aliphatic carbocycles.